The number of hydrogen-bond acceptors (Lipinski definition) is 3. The van der Waals surface area contributed by atoms with Crippen LogP contribution >= 0.6 is 24.8 Å². The first-order chi connectivity index (χ1) is 3.83. The van der Waals surface area contributed by atoms with Crippen molar-refractivity contribution in [3.63, 3.8) is 0 Å². The van der Waals surface area contributed by atoms with Crippen LogP contribution in [0.25, 0.3) is 0 Å². The molecule has 0 spiro atoms. The van der Waals surface area contributed by atoms with Crippen LogP contribution in [0.5, 0.6) is 0 Å². The molecule has 64 valence electrons. The van der Waals surface area contributed by atoms with Gasteiger partial charge in [0.15, 0.2) is 0 Å². The second-order valence-corrected chi connectivity index (χ2v) is 2.23. The molecule has 5 heteroatoms. The molecule has 1 saturated heterocycles. The summed E-state index contributed by atoms with van der Waals surface area (Å²) in [6, 6.07) is 0.352. The summed E-state index contributed by atoms with van der Waals surface area (Å²) >= 11 is 0. The van der Waals surface area contributed by atoms with E-state index in [1.165, 1.54) is 0 Å². The van der Waals surface area contributed by atoms with Crippen LogP contribution in [0, 0.1) is 0 Å². The third-order valence-electron chi connectivity index (χ3n) is 1.48. The fourth-order valence-corrected chi connectivity index (χ4v) is 0.977. The van der Waals surface area contributed by atoms with Crippen LogP contribution in [0.15, 0.2) is 0 Å². The Morgan fingerprint density at radius 2 is 2.10 bits per heavy atom. The van der Waals surface area contributed by atoms with Crippen molar-refractivity contribution in [1.29, 1.82) is 0 Å². The van der Waals surface area contributed by atoms with Crippen molar-refractivity contribution in [2.75, 3.05) is 13.1 Å². The normalized spacial score (nSPS) is 30.6. The number of β-amino-alcohol motifs (C(OH)–C–C–N with tert-alkyl or cyclic N) is 1. The van der Waals surface area contributed by atoms with E-state index in [0.717, 1.165) is 6.42 Å². The largest absolute Gasteiger partial charge is 0.392 e. The van der Waals surface area contributed by atoms with Crippen LogP contribution in [0.1, 0.15) is 6.42 Å². The lowest BCUT2D eigenvalue weighted by Gasteiger charge is -2.02. The molecule has 0 bridgehead atoms. The molecular formula is C5H14Cl2N2O. The van der Waals surface area contributed by atoms with Gasteiger partial charge >= 0.3 is 0 Å². The molecule has 3 nitrogen and oxygen atoms in total. The van der Waals surface area contributed by atoms with Crippen LogP contribution < -0.4 is 11.1 Å². The second kappa shape index (κ2) is 6.19. The van der Waals surface area contributed by atoms with Crippen molar-refractivity contribution in [3.05, 3.63) is 0 Å². The van der Waals surface area contributed by atoms with Gasteiger partial charge in [-0.25, -0.2) is 0 Å². The van der Waals surface area contributed by atoms with Crippen molar-refractivity contribution in [3.8, 4) is 0 Å². The SMILES string of the molecule is Cl.Cl.NC[C@H]1C[C@H](O)CN1. The van der Waals surface area contributed by atoms with E-state index in [9.17, 15) is 0 Å². The quantitative estimate of drug-likeness (QED) is 0.521. The highest BCUT2D eigenvalue weighted by Gasteiger charge is 2.19. The average Bonchev–Trinajstić information content (AvgIpc) is 2.14. The van der Waals surface area contributed by atoms with Gasteiger partial charge in [-0.3, -0.25) is 0 Å². The minimum absolute atomic E-state index is 0. The third-order valence-corrected chi connectivity index (χ3v) is 1.48. The van der Waals surface area contributed by atoms with E-state index >= 15 is 0 Å². The lowest BCUT2D eigenvalue weighted by molar-refractivity contribution is 0.193. The number of halogens is 2. The lowest BCUT2D eigenvalue weighted by atomic mass is 10.2. The van der Waals surface area contributed by atoms with Crippen LogP contribution in [-0.2, 0) is 0 Å². The molecule has 0 aromatic rings. The van der Waals surface area contributed by atoms with E-state index in [2.05, 4.69) is 5.32 Å². The van der Waals surface area contributed by atoms with Gasteiger partial charge in [-0.05, 0) is 6.42 Å². The molecule has 2 atom stereocenters. The Kier molecular flexibility index (Phi) is 8.09. The van der Waals surface area contributed by atoms with Crippen LogP contribution in [0.3, 0.4) is 0 Å². The van der Waals surface area contributed by atoms with E-state index in [1.807, 2.05) is 0 Å². The molecule has 1 heterocycles. The molecule has 0 aromatic heterocycles. The van der Waals surface area contributed by atoms with Gasteiger partial charge in [0, 0.05) is 19.1 Å². The summed E-state index contributed by atoms with van der Waals surface area (Å²) in [7, 11) is 0. The Labute approximate surface area is 73.2 Å². The Balaban J connectivity index is 0. The predicted octanol–water partition coefficient (Wildman–Crippen LogP) is -0.489. The molecule has 0 amide bonds. The molecule has 4 N–H and O–H groups in total. The van der Waals surface area contributed by atoms with Gasteiger partial charge in [0.05, 0.1) is 6.10 Å². The molecule has 1 aliphatic heterocycles. The zero-order chi connectivity index (χ0) is 5.98. The Morgan fingerprint density at radius 3 is 2.30 bits per heavy atom. The fourth-order valence-electron chi connectivity index (χ4n) is 0.977. The standard InChI is InChI=1S/C5H12N2O.2ClH/c6-2-4-1-5(8)3-7-4;;/h4-5,7-8H,1-3,6H2;2*1H/t4-,5+;;/m1../s1. The average molecular weight is 189 g/mol. The van der Waals surface area contributed by atoms with Gasteiger partial charge in [-0.15, -0.1) is 24.8 Å². The summed E-state index contributed by atoms with van der Waals surface area (Å²) in [6.45, 7) is 1.35. The summed E-state index contributed by atoms with van der Waals surface area (Å²) < 4.78 is 0. The summed E-state index contributed by atoms with van der Waals surface area (Å²) in [4.78, 5) is 0. The monoisotopic (exact) mass is 188 g/mol. The number of rotatable bonds is 1. The van der Waals surface area contributed by atoms with E-state index in [0.29, 0.717) is 19.1 Å². The highest BCUT2D eigenvalue weighted by Crippen LogP contribution is 2.03. The van der Waals surface area contributed by atoms with Gasteiger partial charge in [0.1, 0.15) is 0 Å². The summed E-state index contributed by atoms with van der Waals surface area (Å²) in [5.74, 6) is 0. The highest BCUT2D eigenvalue weighted by molar-refractivity contribution is 5.85. The molecule has 0 aromatic carbocycles. The van der Waals surface area contributed by atoms with Crippen molar-refractivity contribution < 1.29 is 5.11 Å². The zero-order valence-corrected chi connectivity index (χ0v) is 7.25. The molecule has 1 aliphatic rings. The van der Waals surface area contributed by atoms with Crippen LogP contribution in [0.2, 0.25) is 0 Å². The molecular weight excluding hydrogens is 175 g/mol. The number of hydrogen-bond donors (Lipinski definition) is 3. The van der Waals surface area contributed by atoms with Gasteiger partial charge in [0.2, 0.25) is 0 Å². The van der Waals surface area contributed by atoms with Crippen molar-refractivity contribution in [2.45, 2.75) is 18.6 Å². The first kappa shape index (κ1) is 13.1. The van der Waals surface area contributed by atoms with E-state index in [4.69, 9.17) is 10.8 Å². The third kappa shape index (κ3) is 3.58. The topological polar surface area (TPSA) is 58.3 Å². The van der Waals surface area contributed by atoms with Gasteiger partial charge < -0.3 is 16.2 Å². The zero-order valence-electron chi connectivity index (χ0n) is 5.62. The predicted molar refractivity (Wildman–Crippen MR) is 46.0 cm³/mol. The maximum Gasteiger partial charge on any atom is 0.0680 e. The smallest absolute Gasteiger partial charge is 0.0680 e. The van der Waals surface area contributed by atoms with E-state index < -0.39 is 0 Å². The van der Waals surface area contributed by atoms with Crippen LogP contribution in [-0.4, -0.2) is 30.3 Å². The van der Waals surface area contributed by atoms with Gasteiger partial charge in [0.25, 0.3) is 0 Å². The Morgan fingerprint density at radius 1 is 1.50 bits per heavy atom. The molecule has 0 aliphatic carbocycles. The van der Waals surface area contributed by atoms with Gasteiger partial charge in [-0.2, -0.15) is 0 Å². The molecule has 1 fully saturated rings. The minimum atomic E-state index is -0.163. The maximum atomic E-state index is 8.91. The number of nitrogens with two attached hydrogens (primary N) is 1. The van der Waals surface area contributed by atoms with Crippen LogP contribution in [0.4, 0.5) is 0 Å². The van der Waals surface area contributed by atoms with Crippen molar-refractivity contribution >= 4 is 24.8 Å². The first-order valence-corrected chi connectivity index (χ1v) is 2.94. The van der Waals surface area contributed by atoms with E-state index in [-0.39, 0.29) is 30.9 Å². The molecule has 0 radical (unpaired) electrons. The molecule has 10 heavy (non-hydrogen) atoms. The van der Waals surface area contributed by atoms with E-state index in [1.54, 1.807) is 0 Å². The molecule has 1 rings (SSSR count). The maximum absolute atomic E-state index is 8.91. The summed E-state index contributed by atoms with van der Waals surface area (Å²) in [5, 5.41) is 12.0. The number of aliphatic hydroxyl groups is 1. The molecule has 0 unspecified atom stereocenters. The first-order valence-electron chi connectivity index (χ1n) is 2.94. The fraction of sp³-hybridized carbons (Fsp3) is 1.00. The number of nitrogens with one attached hydrogen (secondary N) is 1. The number of aliphatic hydroxyl groups excluding tert-OH is 1. The summed E-state index contributed by atoms with van der Waals surface area (Å²) in [5.41, 5.74) is 5.32. The Bertz CT molecular complexity index is 84.0. The van der Waals surface area contributed by atoms with Crippen molar-refractivity contribution in [2.24, 2.45) is 5.73 Å². The summed E-state index contributed by atoms with van der Waals surface area (Å²) in [6.07, 6.45) is 0.653. The highest BCUT2D eigenvalue weighted by atomic mass is 35.5. The van der Waals surface area contributed by atoms with Crippen molar-refractivity contribution in [1.82, 2.24) is 5.32 Å². The second-order valence-electron chi connectivity index (χ2n) is 2.23. The minimum Gasteiger partial charge on any atom is -0.392 e. The Hall–Kier alpha value is 0.460. The lowest BCUT2D eigenvalue weighted by Crippen LogP contribution is -2.29. The molecule has 0 saturated carbocycles. The van der Waals surface area contributed by atoms with Gasteiger partial charge in [-0.1, -0.05) is 0 Å².